The van der Waals surface area contributed by atoms with Crippen molar-refractivity contribution in [3.63, 3.8) is 0 Å². The molecule has 8 heteroatoms. The third-order valence-electron chi connectivity index (χ3n) is 4.38. The van der Waals surface area contributed by atoms with Crippen LogP contribution < -0.4 is 9.47 Å². The first-order valence-corrected chi connectivity index (χ1v) is 10.7. The number of carboxylic acid groups (broad SMARTS) is 1. The highest BCUT2D eigenvalue weighted by molar-refractivity contribution is 9.09. The highest BCUT2D eigenvalue weighted by atomic mass is 79.9. The van der Waals surface area contributed by atoms with E-state index in [-0.39, 0.29) is 35.2 Å². The standard InChI is InChI=1S/C20H24BrFO5S/c1-10(20(24)25)7-14(23)17-8-13-16(28-17)9-15(26-4)19(18(13)22)27-12(3)6-5-11(2)21/h8-12H,5-7H2,1-4H3,(H,24,25)/t10-,11?,12?/m0/s1. The molecule has 1 aromatic heterocycles. The molecule has 0 saturated carbocycles. The van der Waals surface area contributed by atoms with Gasteiger partial charge in [0.15, 0.2) is 23.1 Å². The van der Waals surface area contributed by atoms with Crippen molar-refractivity contribution in [1.29, 1.82) is 0 Å². The van der Waals surface area contributed by atoms with E-state index in [1.165, 1.54) is 20.1 Å². The van der Waals surface area contributed by atoms with E-state index in [1.807, 2.05) is 13.8 Å². The number of hydrogen-bond acceptors (Lipinski definition) is 5. The second-order valence-corrected chi connectivity index (χ2v) is 9.54. The molecule has 2 rings (SSSR count). The molecule has 0 aliphatic heterocycles. The van der Waals surface area contributed by atoms with Crippen molar-refractivity contribution in [1.82, 2.24) is 0 Å². The molecule has 0 amide bonds. The number of hydrogen-bond donors (Lipinski definition) is 1. The average molecular weight is 475 g/mol. The zero-order chi connectivity index (χ0) is 21.0. The summed E-state index contributed by atoms with van der Waals surface area (Å²) in [6, 6.07) is 3.11. The Labute approximate surface area is 176 Å². The molecule has 0 aliphatic rings. The Morgan fingerprint density at radius 1 is 1.25 bits per heavy atom. The minimum absolute atomic E-state index is 0.0282. The van der Waals surface area contributed by atoms with Crippen molar-refractivity contribution in [2.24, 2.45) is 5.92 Å². The fraction of sp³-hybridized carbons (Fsp3) is 0.500. The monoisotopic (exact) mass is 474 g/mol. The van der Waals surface area contributed by atoms with Crippen LogP contribution in [-0.4, -0.2) is 34.9 Å². The summed E-state index contributed by atoms with van der Waals surface area (Å²) in [6.07, 6.45) is 1.28. The topological polar surface area (TPSA) is 72.8 Å². The van der Waals surface area contributed by atoms with Gasteiger partial charge in [-0.2, -0.15) is 0 Å². The molecular formula is C20H24BrFO5S. The van der Waals surface area contributed by atoms with Crippen LogP contribution in [0.15, 0.2) is 12.1 Å². The van der Waals surface area contributed by atoms with E-state index in [4.69, 9.17) is 14.6 Å². The number of methoxy groups -OCH3 is 1. The third-order valence-corrected chi connectivity index (χ3v) is 5.96. The van der Waals surface area contributed by atoms with Crippen LogP contribution in [0, 0.1) is 11.7 Å². The molecule has 154 valence electrons. The number of Topliss-reactive ketones (excluding diaryl/α,β-unsaturated/α-hetero) is 1. The zero-order valence-electron chi connectivity index (χ0n) is 16.3. The maximum Gasteiger partial charge on any atom is 0.306 e. The Morgan fingerprint density at radius 3 is 2.50 bits per heavy atom. The number of carbonyl (C=O) groups excluding carboxylic acids is 1. The summed E-state index contributed by atoms with van der Waals surface area (Å²) in [5.41, 5.74) is 0. The normalized spacial score (nSPS) is 14.5. The van der Waals surface area contributed by atoms with Gasteiger partial charge in [0.2, 0.25) is 0 Å². The van der Waals surface area contributed by atoms with Gasteiger partial charge in [-0.3, -0.25) is 9.59 Å². The second-order valence-electron chi connectivity index (χ2n) is 6.90. The largest absolute Gasteiger partial charge is 0.493 e. The number of halogens is 2. The lowest BCUT2D eigenvalue weighted by molar-refractivity contribution is -0.141. The van der Waals surface area contributed by atoms with Gasteiger partial charge in [-0.15, -0.1) is 11.3 Å². The number of rotatable bonds is 10. The summed E-state index contributed by atoms with van der Waals surface area (Å²) in [5.74, 6) is -2.44. The lowest BCUT2D eigenvalue weighted by atomic mass is 10.0. The van der Waals surface area contributed by atoms with Gasteiger partial charge in [0.1, 0.15) is 0 Å². The Balaban J connectivity index is 2.33. The molecule has 1 heterocycles. The smallest absolute Gasteiger partial charge is 0.306 e. The van der Waals surface area contributed by atoms with Crippen molar-refractivity contribution in [2.75, 3.05) is 7.11 Å². The van der Waals surface area contributed by atoms with Gasteiger partial charge in [0.25, 0.3) is 0 Å². The number of ether oxygens (including phenoxy) is 2. The summed E-state index contributed by atoms with van der Waals surface area (Å²) >= 11 is 4.60. The average Bonchev–Trinajstić information content (AvgIpc) is 3.06. The molecule has 0 radical (unpaired) electrons. The lowest BCUT2D eigenvalue weighted by Gasteiger charge is -2.18. The quantitative estimate of drug-likeness (QED) is 0.354. The number of thiophene rings is 1. The summed E-state index contributed by atoms with van der Waals surface area (Å²) < 4.78 is 26.8. The number of aliphatic carboxylic acids is 1. The van der Waals surface area contributed by atoms with Crippen molar-refractivity contribution in [3.8, 4) is 11.5 Å². The van der Waals surface area contributed by atoms with E-state index in [1.54, 1.807) is 6.07 Å². The summed E-state index contributed by atoms with van der Waals surface area (Å²) in [6.45, 7) is 5.38. The molecule has 0 saturated heterocycles. The number of alkyl halides is 1. The lowest BCUT2D eigenvalue weighted by Crippen LogP contribution is -2.14. The first-order valence-electron chi connectivity index (χ1n) is 9.00. The Morgan fingerprint density at radius 2 is 1.93 bits per heavy atom. The van der Waals surface area contributed by atoms with E-state index < -0.39 is 17.7 Å². The van der Waals surface area contributed by atoms with Gasteiger partial charge in [-0.1, -0.05) is 29.8 Å². The molecule has 28 heavy (non-hydrogen) atoms. The van der Waals surface area contributed by atoms with E-state index in [9.17, 15) is 9.59 Å². The first-order chi connectivity index (χ1) is 13.1. The predicted octanol–water partition coefficient (Wildman–Crippen LogP) is 5.67. The third kappa shape index (κ3) is 5.44. The van der Waals surface area contributed by atoms with Crippen LogP contribution in [0.25, 0.3) is 10.1 Å². The molecule has 5 nitrogen and oxygen atoms in total. The van der Waals surface area contributed by atoms with Crippen LogP contribution in [0.1, 0.15) is 49.7 Å². The summed E-state index contributed by atoms with van der Waals surface area (Å²) in [7, 11) is 1.44. The molecular weight excluding hydrogens is 451 g/mol. The number of benzene rings is 1. The van der Waals surface area contributed by atoms with Gasteiger partial charge in [-0.05, 0) is 25.8 Å². The first kappa shape index (κ1) is 22.6. The van der Waals surface area contributed by atoms with Crippen LogP contribution in [0.2, 0.25) is 0 Å². The Bertz CT molecular complexity index is 864. The number of ketones is 1. The van der Waals surface area contributed by atoms with Crippen LogP contribution in [0.4, 0.5) is 4.39 Å². The molecule has 1 aromatic carbocycles. The van der Waals surface area contributed by atoms with Crippen molar-refractivity contribution in [3.05, 3.63) is 22.8 Å². The van der Waals surface area contributed by atoms with E-state index >= 15 is 4.39 Å². The molecule has 0 aliphatic carbocycles. The maximum atomic E-state index is 15.1. The number of carbonyl (C=O) groups is 2. The minimum atomic E-state index is -1.04. The molecule has 1 N–H and O–H groups in total. The van der Waals surface area contributed by atoms with Crippen molar-refractivity contribution in [2.45, 2.75) is 51.0 Å². The van der Waals surface area contributed by atoms with Gasteiger partial charge in [0.05, 0.1) is 24.0 Å². The van der Waals surface area contributed by atoms with Gasteiger partial charge in [0, 0.05) is 27.4 Å². The summed E-state index contributed by atoms with van der Waals surface area (Å²) in [4.78, 5) is 24.0. The van der Waals surface area contributed by atoms with E-state index in [0.717, 1.165) is 24.2 Å². The zero-order valence-corrected chi connectivity index (χ0v) is 18.7. The molecule has 2 unspecified atom stereocenters. The highest BCUT2D eigenvalue weighted by Gasteiger charge is 2.23. The van der Waals surface area contributed by atoms with Gasteiger partial charge in [-0.25, -0.2) is 4.39 Å². The van der Waals surface area contributed by atoms with E-state index in [0.29, 0.717) is 14.4 Å². The van der Waals surface area contributed by atoms with Crippen LogP contribution in [0.3, 0.4) is 0 Å². The van der Waals surface area contributed by atoms with Gasteiger partial charge >= 0.3 is 5.97 Å². The minimum Gasteiger partial charge on any atom is -0.493 e. The van der Waals surface area contributed by atoms with Gasteiger partial charge < -0.3 is 14.6 Å². The van der Waals surface area contributed by atoms with E-state index in [2.05, 4.69) is 15.9 Å². The van der Waals surface area contributed by atoms with Crippen molar-refractivity contribution < 1.29 is 28.6 Å². The SMILES string of the molecule is COc1cc2sc(C(=O)C[C@H](C)C(=O)O)cc2c(F)c1OC(C)CCC(C)Br. The molecule has 0 bridgehead atoms. The van der Waals surface area contributed by atoms with Crippen LogP contribution in [-0.2, 0) is 4.79 Å². The number of fused-ring (bicyclic) bond motifs is 1. The summed E-state index contributed by atoms with van der Waals surface area (Å²) in [5, 5.41) is 9.25. The predicted molar refractivity (Wildman–Crippen MR) is 112 cm³/mol. The maximum absolute atomic E-state index is 15.1. The Kier molecular flexibility index (Phi) is 7.83. The molecule has 0 spiro atoms. The van der Waals surface area contributed by atoms with Crippen LogP contribution >= 0.6 is 27.3 Å². The van der Waals surface area contributed by atoms with Crippen molar-refractivity contribution >= 4 is 49.1 Å². The highest BCUT2D eigenvalue weighted by Crippen LogP contribution is 2.41. The Hall–Kier alpha value is -1.67. The fourth-order valence-corrected chi connectivity index (χ4v) is 3.99. The molecule has 0 fully saturated rings. The number of carboxylic acids is 1. The fourth-order valence-electron chi connectivity index (χ4n) is 2.69. The molecule has 2 aromatic rings. The molecule has 3 atom stereocenters. The second kappa shape index (κ2) is 9.69. The van der Waals surface area contributed by atoms with Crippen LogP contribution in [0.5, 0.6) is 11.5 Å².